The number of allylic oxidation sites excluding steroid dienone is 4. The van der Waals surface area contributed by atoms with E-state index in [1.807, 2.05) is 0 Å². The Labute approximate surface area is 95.3 Å². The van der Waals surface area contributed by atoms with Crippen molar-refractivity contribution in [1.82, 2.24) is 5.32 Å². The Hall–Kier alpha value is -1.48. The summed E-state index contributed by atoms with van der Waals surface area (Å²) in [5, 5.41) is 3.40. The van der Waals surface area contributed by atoms with Gasteiger partial charge >= 0.3 is 0 Å². The molecule has 2 aliphatic heterocycles. The monoisotopic (exact) mass is 216 g/mol. The third-order valence-corrected chi connectivity index (χ3v) is 3.20. The van der Waals surface area contributed by atoms with E-state index >= 15 is 0 Å². The van der Waals surface area contributed by atoms with Crippen LogP contribution >= 0.6 is 0 Å². The summed E-state index contributed by atoms with van der Waals surface area (Å²) in [6.45, 7) is 0. The Kier molecular flexibility index (Phi) is 2.33. The maximum atomic E-state index is 5.75. The molecule has 0 aromatic rings. The molecular formula is C13H16N2O. The summed E-state index contributed by atoms with van der Waals surface area (Å²) in [4.78, 5) is 0. The Morgan fingerprint density at radius 2 is 2.38 bits per heavy atom. The number of hydrogen-bond donors (Lipinski definition) is 2. The summed E-state index contributed by atoms with van der Waals surface area (Å²) < 4.78 is 5.54. The zero-order valence-corrected chi connectivity index (χ0v) is 9.15. The van der Waals surface area contributed by atoms with Gasteiger partial charge in [-0.3, -0.25) is 5.73 Å². The van der Waals surface area contributed by atoms with Gasteiger partial charge in [0.15, 0.2) is 12.1 Å². The van der Waals surface area contributed by atoms with Crippen LogP contribution in [0, 0.1) is 0 Å². The fourth-order valence-electron chi connectivity index (χ4n) is 2.35. The van der Waals surface area contributed by atoms with Gasteiger partial charge < -0.3 is 10.1 Å². The highest BCUT2D eigenvalue weighted by molar-refractivity contribution is 5.37. The first-order chi connectivity index (χ1) is 7.83. The van der Waals surface area contributed by atoms with E-state index in [-0.39, 0.29) is 12.3 Å². The Morgan fingerprint density at radius 1 is 1.44 bits per heavy atom. The molecule has 0 radical (unpaired) electrons. The van der Waals surface area contributed by atoms with E-state index in [1.165, 1.54) is 11.1 Å². The van der Waals surface area contributed by atoms with Crippen LogP contribution in [-0.4, -0.2) is 12.3 Å². The van der Waals surface area contributed by atoms with Crippen LogP contribution < -0.4 is 11.1 Å². The Bertz CT molecular complexity index is 418. The summed E-state index contributed by atoms with van der Waals surface area (Å²) in [7, 11) is 0. The van der Waals surface area contributed by atoms with Gasteiger partial charge in [0.25, 0.3) is 0 Å². The van der Waals surface area contributed by atoms with Crippen molar-refractivity contribution in [3.05, 3.63) is 47.4 Å². The first-order valence-corrected chi connectivity index (χ1v) is 5.78. The fraction of sp³-hybridized carbons (Fsp3) is 0.385. The van der Waals surface area contributed by atoms with E-state index in [0.717, 1.165) is 25.1 Å². The number of ether oxygens (including phenoxy) is 1. The van der Waals surface area contributed by atoms with Gasteiger partial charge in [-0.2, -0.15) is 0 Å². The lowest BCUT2D eigenvalue weighted by Gasteiger charge is -2.24. The molecule has 0 aromatic carbocycles. The van der Waals surface area contributed by atoms with Crippen LogP contribution in [0.15, 0.2) is 47.4 Å². The van der Waals surface area contributed by atoms with Crippen molar-refractivity contribution in [3.8, 4) is 0 Å². The minimum Gasteiger partial charge on any atom is -0.460 e. The minimum atomic E-state index is -0.180. The quantitative estimate of drug-likeness (QED) is 0.701. The van der Waals surface area contributed by atoms with E-state index in [9.17, 15) is 0 Å². The maximum Gasteiger partial charge on any atom is 0.192 e. The lowest BCUT2D eigenvalue weighted by atomic mass is 9.95. The lowest BCUT2D eigenvalue weighted by Crippen LogP contribution is -2.32. The van der Waals surface area contributed by atoms with Gasteiger partial charge in [0.1, 0.15) is 0 Å². The molecule has 0 bridgehead atoms. The first kappa shape index (κ1) is 9.73. The van der Waals surface area contributed by atoms with Gasteiger partial charge in [-0.15, -0.1) is 0 Å². The fourth-order valence-corrected chi connectivity index (χ4v) is 2.35. The molecule has 3 rings (SSSR count). The number of nitrogens with two attached hydrogens (primary N) is 1. The second-order valence-corrected chi connectivity index (χ2v) is 4.40. The second kappa shape index (κ2) is 3.83. The molecule has 2 atom stereocenters. The van der Waals surface area contributed by atoms with Crippen molar-refractivity contribution in [2.45, 2.75) is 31.5 Å². The number of nitrogens with one attached hydrogen (secondary N) is 1. The zero-order chi connectivity index (χ0) is 11.0. The molecule has 3 N–H and O–H groups in total. The summed E-state index contributed by atoms with van der Waals surface area (Å²) in [6, 6.07) is 0.272. The van der Waals surface area contributed by atoms with Gasteiger partial charge in [-0.1, -0.05) is 30.4 Å². The molecule has 3 heteroatoms. The maximum absolute atomic E-state index is 5.75. The van der Waals surface area contributed by atoms with Crippen molar-refractivity contribution in [3.63, 3.8) is 0 Å². The molecule has 0 saturated heterocycles. The molecule has 3 nitrogen and oxygen atoms in total. The van der Waals surface area contributed by atoms with Crippen molar-refractivity contribution in [1.29, 1.82) is 0 Å². The summed E-state index contributed by atoms with van der Waals surface area (Å²) in [6.07, 6.45) is 13.7. The molecule has 84 valence electrons. The van der Waals surface area contributed by atoms with E-state index in [1.54, 1.807) is 0 Å². The van der Waals surface area contributed by atoms with Crippen LogP contribution in [0.4, 0.5) is 0 Å². The van der Waals surface area contributed by atoms with Crippen LogP contribution in [0.1, 0.15) is 19.3 Å². The molecule has 0 saturated carbocycles. The van der Waals surface area contributed by atoms with Crippen molar-refractivity contribution in [2.24, 2.45) is 5.73 Å². The highest BCUT2D eigenvalue weighted by Crippen LogP contribution is 2.28. The largest absolute Gasteiger partial charge is 0.460 e. The van der Waals surface area contributed by atoms with E-state index < -0.39 is 0 Å². The van der Waals surface area contributed by atoms with Crippen molar-refractivity contribution >= 4 is 0 Å². The van der Waals surface area contributed by atoms with Crippen molar-refractivity contribution < 1.29 is 4.74 Å². The predicted molar refractivity (Wildman–Crippen MR) is 63.2 cm³/mol. The Morgan fingerprint density at radius 3 is 3.19 bits per heavy atom. The third-order valence-electron chi connectivity index (χ3n) is 3.20. The summed E-state index contributed by atoms with van der Waals surface area (Å²) in [5.41, 5.74) is 8.36. The van der Waals surface area contributed by atoms with Gasteiger partial charge in [0.2, 0.25) is 0 Å². The molecule has 0 aromatic heterocycles. The van der Waals surface area contributed by atoms with Crippen LogP contribution in [0.3, 0.4) is 0 Å². The standard InChI is InChI=1S/C13H16N2O/c14-12-8-10-6-7-11(15-13(10)16-12)9-4-2-1-3-5-9/h1-2,4,6-7,11-12,15H,3,5,8,14H2. The first-order valence-electron chi connectivity index (χ1n) is 5.78. The number of hydrogen-bond acceptors (Lipinski definition) is 3. The highest BCUT2D eigenvalue weighted by Gasteiger charge is 2.26. The van der Waals surface area contributed by atoms with Gasteiger partial charge in [-0.25, -0.2) is 0 Å². The van der Waals surface area contributed by atoms with Crippen LogP contribution in [0.5, 0.6) is 0 Å². The van der Waals surface area contributed by atoms with Gasteiger partial charge in [0, 0.05) is 12.0 Å². The van der Waals surface area contributed by atoms with Gasteiger partial charge in [0.05, 0.1) is 6.04 Å². The Balaban J connectivity index is 1.76. The minimum absolute atomic E-state index is 0.180. The van der Waals surface area contributed by atoms with Gasteiger partial charge in [-0.05, 0) is 18.4 Å². The molecule has 2 heterocycles. The molecule has 0 fully saturated rings. The average Bonchev–Trinajstić information content (AvgIpc) is 2.69. The predicted octanol–water partition coefficient (Wildman–Crippen LogP) is 1.71. The molecule has 3 aliphatic rings. The molecule has 2 unspecified atom stereocenters. The van der Waals surface area contributed by atoms with E-state index in [4.69, 9.17) is 10.5 Å². The molecular weight excluding hydrogens is 200 g/mol. The molecule has 0 amide bonds. The topological polar surface area (TPSA) is 47.3 Å². The number of rotatable bonds is 1. The second-order valence-electron chi connectivity index (χ2n) is 4.40. The molecule has 0 spiro atoms. The average molecular weight is 216 g/mol. The van der Waals surface area contributed by atoms with Crippen LogP contribution in [0.2, 0.25) is 0 Å². The van der Waals surface area contributed by atoms with Crippen LogP contribution in [0.25, 0.3) is 0 Å². The van der Waals surface area contributed by atoms with Crippen molar-refractivity contribution in [2.75, 3.05) is 0 Å². The van der Waals surface area contributed by atoms with E-state index in [2.05, 4.69) is 35.7 Å². The van der Waals surface area contributed by atoms with Crippen LogP contribution in [-0.2, 0) is 4.74 Å². The highest BCUT2D eigenvalue weighted by atomic mass is 16.5. The lowest BCUT2D eigenvalue weighted by molar-refractivity contribution is 0.133. The normalized spacial score (nSPS) is 31.9. The SMILES string of the molecule is NC1CC2=C(NC(C3=CC=CCC3)C=C2)O1. The molecule has 16 heavy (non-hydrogen) atoms. The zero-order valence-electron chi connectivity index (χ0n) is 9.15. The smallest absolute Gasteiger partial charge is 0.192 e. The summed E-state index contributed by atoms with van der Waals surface area (Å²) >= 11 is 0. The summed E-state index contributed by atoms with van der Waals surface area (Å²) in [5.74, 6) is 0.871. The molecule has 1 aliphatic carbocycles. The van der Waals surface area contributed by atoms with E-state index in [0.29, 0.717) is 0 Å². The number of dihydropyridines is 1. The third kappa shape index (κ3) is 1.67.